The number of hydrogen-bond acceptors (Lipinski definition) is 2. The third-order valence-corrected chi connectivity index (χ3v) is 3.02. The second kappa shape index (κ2) is 5.73. The van der Waals surface area contributed by atoms with E-state index in [-0.39, 0.29) is 0 Å². The Bertz CT molecular complexity index is 377. The fourth-order valence-electron chi connectivity index (χ4n) is 0.891. The number of aliphatic hydroxyl groups is 1. The van der Waals surface area contributed by atoms with Crippen LogP contribution >= 0.6 is 57.4 Å². The lowest BCUT2D eigenvalue weighted by Crippen LogP contribution is -2.43. The van der Waals surface area contributed by atoms with Crippen LogP contribution < -0.4 is 5.32 Å². The largest absolute Gasteiger partial charge is 0.369 e. The molecule has 1 rings (SSSR count). The standard InChI is InChI=1S/C9H7Cl3INO2/c10-9(11,12)8(16)14-7(15)5-1-3-6(13)4-2-5/h1-4,8,16H,(H,14,15). The van der Waals surface area contributed by atoms with Gasteiger partial charge in [-0.25, -0.2) is 0 Å². The van der Waals surface area contributed by atoms with Crippen molar-refractivity contribution in [1.82, 2.24) is 5.32 Å². The minimum atomic E-state index is -1.95. The molecule has 0 spiro atoms. The topological polar surface area (TPSA) is 49.3 Å². The van der Waals surface area contributed by atoms with Crippen molar-refractivity contribution < 1.29 is 9.90 Å². The Labute approximate surface area is 121 Å². The highest BCUT2D eigenvalue weighted by molar-refractivity contribution is 14.1. The molecule has 1 unspecified atom stereocenters. The number of benzene rings is 1. The molecule has 0 aliphatic rings. The lowest BCUT2D eigenvalue weighted by atomic mass is 10.2. The summed E-state index contributed by atoms with van der Waals surface area (Å²) in [5, 5.41) is 11.5. The summed E-state index contributed by atoms with van der Waals surface area (Å²) in [5.74, 6) is -0.504. The lowest BCUT2D eigenvalue weighted by Gasteiger charge is -2.19. The van der Waals surface area contributed by atoms with Gasteiger partial charge in [0, 0.05) is 9.13 Å². The van der Waals surface area contributed by atoms with Gasteiger partial charge in [0.2, 0.25) is 3.79 Å². The maximum Gasteiger partial charge on any atom is 0.253 e. The number of aliphatic hydroxyl groups excluding tert-OH is 1. The number of carbonyl (C=O) groups excluding carboxylic acids is 1. The molecule has 0 aliphatic heterocycles. The number of rotatable bonds is 2. The highest BCUT2D eigenvalue weighted by Gasteiger charge is 2.32. The zero-order valence-corrected chi connectivity index (χ0v) is 12.2. The van der Waals surface area contributed by atoms with E-state index >= 15 is 0 Å². The summed E-state index contributed by atoms with van der Waals surface area (Å²) >= 11 is 18.3. The van der Waals surface area contributed by atoms with E-state index in [0.29, 0.717) is 5.56 Å². The third-order valence-electron chi connectivity index (χ3n) is 1.68. The second-order valence-corrected chi connectivity index (χ2v) is 6.54. The van der Waals surface area contributed by atoms with Crippen LogP contribution in [0.2, 0.25) is 0 Å². The Kier molecular flexibility index (Phi) is 5.12. The van der Waals surface area contributed by atoms with Crippen molar-refractivity contribution >= 4 is 63.3 Å². The molecule has 2 N–H and O–H groups in total. The molecule has 0 heterocycles. The first-order valence-corrected chi connectivity index (χ1v) is 6.33. The molecule has 16 heavy (non-hydrogen) atoms. The van der Waals surface area contributed by atoms with Crippen LogP contribution in [0.3, 0.4) is 0 Å². The minimum absolute atomic E-state index is 0.383. The number of amides is 1. The molecular weight excluding hydrogens is 387 g/mol. The predicted molar refractivity (Wildman–Crippen MR) is 72.9 cm³/mol. The van der Waals surface area contributed by atoms with E-state index in [2.05, 4.69) is 27.9 Å². The molecule has 0 bridgehead atoms. The van der Waals surface area contributed by atoms with E-state index in [1.807, 2.05) is 0 Å². The molecule has 0 aliphatic carbocycles. The van der Waals surface area contributed by atoms with Crippen molar-refractivity contribution in [3.63, 3.8) is 0 Å². The third kappa shape index (κ3) is 4.25. The predicted octanol–water partition coefficient (Wildman–Crippen LogP) is 2.71. The van der Waals surface area contributed by atoms with E-state index < -0.39 is 15.9 Å². The monoisotopic (exact) mass is 393 g/mol. The van der Waals surface area contributed by atoms with Gasteiger partial charge in [-0.3, -0.25) is 4.79 Å². The Morgan fingerprint density at radius 2 is 1.81 bits per heavy atom. The summed E-state index contributed by atoms with van der Waals surface area (Å²) in [6.45, 7) is 0. The number of nitrogens with one attached hydrogen (secondary N) is 1. The summed E-state index contributed by atoms with van der Waals surface area (Å²) < 4.78 is -0.949. The lowest BCUT2D eigenvalue weighted by molar-refractivity contribution is 0.0791. The zero-order valence-electron chi connectivity index (χ0n) is 7.75. The SMILES string of the molecule is O=C(NC(O)C(Cl)(Cl)Cl)c1ccc(I)cc1. The summed E-state index contributed by atoms with van der Waals surface area (Å²) in [4.78, 5) is 11.6. The quantitative estimate of drug-likeness (QED) is 0.460. The molecule has 1 aromatic rings. The maximum absolute atomic E-state index is 11.6. The molecule has 0 radical (unpaired) electrons. The first-order chi connectivity index (χ1) is 7.30. The van der Waals surface area contributed by atoms with E-state index in [1.165, 1.54) is 0 Å². The van der Waals surface area contributed by atoms with Crippen LogP contribution in [0.5, 0.6) is 0 Å². The molecule has 7 heteroatoms. The van der Waals surface area contributed by atoms with Crippen molar-refractivity contribution in [1.29, 1.82) is 0 Å². The molecule has 88 valence electrons. The van der Waals surface area contributed by atoms with Crippen molar-refractivity contribution in [3.8, 4) is 0 Å². The van der Waals surface area contributed by atoms with Crippen LogP contribution in [0.1, 0.15) is 10.4 Å². The number of hydrogen-bond donors (Lipinski definition) is 2. The molecule has 1 aromatic carbocycles. The van der Waals surface area contributed by atoms with Gasteiger partial charge in [0.15, 0.2) is 6.23 Å². The molecule has 0 fully saturated rings. The Balaban J connectivity index is 2.70. The molecule has 3 nitrogen and oxygen atoms in total. The summed E-state index contributed by atoms with van der Waals surface area (Å²) in [7, 11) is 0. The summed E-state index contributed by atoms with van der Waals surface area (Å²) in [6, 6.07) is 6.75. The van der Waals surface area contributed by atoms with Gasteiger partial charge in [-0.15, -0.1) is 0 Å². The Morgan fingerprint density at radius 1 is 1.31 bits per heavy atom. The molecule has 0 saturated heterocycles. The second-order valence-electron chi connectivity index (χ2n) is 2.92. The van der Waals surface area contributed by atoms with E-state index in [9.17, 15) is 9.90 Å². The maximum atomic E-state index is 11.6. The van der Waals surface area contributed by atoms with Crippen molar-refractivity contribution in [3.05, 3.63) is 33.4 Å². The first-order valence-electron chi connectivity index (χ1n) is 4.12. The first kappa shape index (κ1) is 14.3. The van der Waals surface area contributed by atoms with E-state index in [4.69, 9.17) is 34.8 Å². The molecule has 0 aromatic heterocycles. The normalized spacial score (nSPS) is 13.3. The fraction of sp³-hybridized carbons (Fsp3) is 0.222. The molecular formula is C9H7Cl3INO2. The number of carbonyl (C=O) groups is 1. The van der Waals surface area contributed by atoms with Crippen molar-refractivity contribution in [2.24, 2.45) is 0 Å². The van der Waals surface area contributed by atoms with Crippen LogP contribution in [0, 0.1) is 3.57 Å². The summed E-state index contributed by atoms with van der Waals surface area (Å²) in [5.41, 5.74) is 0.383. The van der Waals surface area contributed by atoms with Gasteiger partial charge in [-0.05, 0) is 46.9 Å². The molecule has 0 saturated carbocycles. The molecule has 1 amide bonds. The summed E-state index contributed by atoms with van der Waals surface area (Å²) in [6.07, 6.45) is -1.55. The van der Waals surface area contributed by atoms with Crippen molar-refractivity contribution in [2.75, 3.05) is 0 Å². The van der Waals surface area contributed by atoms with Gasteiger partial charge in [0.05, 0.1) is 0 Å². The fourth-order valence-corrected chi connectivity index (χ4v) is 1.41. The van der Waals surface area contributed by atoms with Gasteiger partial charge in [0.25, 0.3) is 5.91 Å². The molecule has 1 atom stereocenters. The van der Waals surface area contributed by atoms with Gasteiger partial charge in [0.1, 0.15) is 0 Å². The minimum Gasteiger partial charge on any atom is -0.369 e. The average molecular weight is 394 g/mol. The van der Waals surface area contributed by atoms with Gasteiger partial charge in [-0.1, -0.05) is 34.8 Å². The Hall–Kier alpha value is 0.250. The van der Waals surface area contributed by atoms with Crippen LogP contribution in [0.15, 0.2) is 24.3 Å². The van der Waals surface area contributed by atoms with Gasteiger partial charge < -0.3 is 10.4 Å². The van der Waals surface area contributed by atoms with Crippen LogP contribution in [0.25, 0.3) is 0 Å². The van der Waals surface area contributed by atoms with E-state index in [0.717, 1.165) is 3.57 Å². The smallest absolute Gasteiger partial charge is 0.253 e. The number of alkyl halides is 3. The van der Waals surface area contributed by atoms with Crippen LogP contribution in [0.4, 0.5) is 0 Å². The number of halogens is 4. The van der Waals surface area contributed by atoms with Gasteiger partial charge >= 0.3 is 0 Å². The van der Waals surface area contributed by atoms with Crippen molar-refractivity contribution in [2.45, 2.75) is 10.0 Å². The highest BCUT2D eigenvalue weighted by atomic mass is 127. The van der Waals surface area contributed by atoms with E-state index in [1.54, 1.807) is 24.3 Å². The average Bonchev–Trinajstić information content (AvgIpc) is 2.17. The van der Waals surface area contributed by atoms with Gasteiger partial charge in [-0.2, -0.15) is 0 Å². The van der Waals surface area contributed by atoms with Crippen LogP contribution in [-0.2, 0) is 0 Å². The highest BCUT2D eigenvalue weighted by Crippen LogP contribution is 2.28. The Morgan fingerprint density at radius 3 is 2.25 bits per heavy atom. The van der Waals surface area contributed by atoms with Crippen LogP contribution in [-0.4, -0.2) is 21.0 Å². The zero-order chi connectivity index (χ0) is 12.3.